The fourth-order valence-electron chi connectivity index (χ4n) is 2.25. The first-order valence-corrected chi connectivity index (χ1v) is 10.00. The molecule has 1 N–H and O–H groups in total. The molecule has 0 aliphatic rings. The van der Waals surface area contributed by atoms with Gasteiger partial charge in [0.05, 0.1) is 15.6 Å². The fourth-order valence-corrected chi connectivity index (χ4v) is 3.56. The third kappa shape index (κ3) is 5.34. The van der Waals surface area contributed by atoms with Crippen molar-refractivity contribution < 1.29 is 13.2 Å². The van der Waals surface area contributed by atoms with Gasteiger partial charge < -0.3 is 4.90 Å². The Kier molecular flexibility index (Phi) is 6.83. The van der Waals surface area contributed by atoms with Crippen molar-refractivity contribution in [3.63, 3.8) is 0 Å². The van der Waals surface area contributed by atoms with Gasteiger partial charge in [-0.05, 0) is 42.3 Å². The van der Waals surface area contributed by atoms with Crippen LogP contribution in [-0.4, -0.2) is 32.8 Å². The van der Waals surface area contributed by atoms with E-state index in [1.165, 1.54) is 18.2 Å². The Balaban J connectivity index is 2.11. The van der Waals surface area contributed by atoms with E-state index in [4.69, 9.17) is 11.6 Å². The Morgan fingerprint density at radius 3 is 2.42 bits per heavy atom. The molecule has 2 aromatic rings. The Hall–Kier alpha value is -2.31. The van der Waals surface area contributed by atoms with Gasteiger partial charge >= 0.3 is 0 Å². The van der Waals surface area contributed by atoms with E-state index in [9.17, 15) is 13.2 Å². The molecule has 2 rings (SSSR count). The molecule has 0 aliphatic carbocycles. The van der Waals surface area contributed by atoms with Crippen molar-refractivity contribution in [3.05, 3.63) is 65.2 Å². The number of carbonyl (C=O) groups excluding carboxylic acids is 1. The molecule has 138 valence electrons. The molecule has 26 heavy (non-hydrogen) atoms. The van der Waals surface area contributed by atoms with E-state index in [-0.39, 0.29) is 10.8 Å². The molecule has 0 atom stereocenters. The molecular formula is C19H21ClN2O3S. The second-order valence-electron chi connectivity index (χ2n) is 5.75. The first-order valence-electron chi connectivity index (χ1n) is 8.14. The number of para-hydroxylation sites is 1. The van der Waals surface area contributed by atoms with Crippen LogP contribution in [0.25, 0.3) is 6.08 Å². The van der Waals surface area contributed by atoms with Crippen molar-refractivity contribution in [3.8, 4) is 0 Å². The summed E-state index contributed by atoms with van der Waals surface area (Å²) in [5.74, 6) is -0.0936. The van der Waals surface area contributed by atoms with E-state index in [0.29, 0.717) is 17.3 Å². The van der Waals surface area contributed by atoms with Crippen LogP contribution in [0.5, 0.6) is 0 Å². The van der Waals surface area contributed by atoms with Crippen molar-refractivity contribution in [2.24, 2.45) is 0 Å². The second-order valence-corrected chi connectivity index (χ2v) is 7.84. The minimum absolute atomic E-state index is 0.0936. The molecule has 7 heteroatoms. The molecule has 0 saturated carbocycles. The number of carbonyl (C=O) groups is 1. The standard InChI is InChI=1S/C19H21ClN2O3S/c1-3-14-22(2)19(23)13-10-15-8-11-16(12-9-15)26(24,25)21-18-7-5-4-6-17(18)20/h4-13,21H,3,14H2,1-2H3/b13-10+. The summed E-state index contributed by atoms with van der Waals surface area (Å²) in [5, 5.41) is 0.324. The summed E-state index contributed by atoms with van der Waals surface area (Å²) in [6.07, 6.45) is 4.02. The second kappa shape index (κ2) is 8.87. The van der Waals surface area contributed by atoms with Gasteiger partial charge in [-0.2, -0.15) is 0 Å². The van der Waals surface area contributed by atoms with Crippen molar-refractivity contribution in [2.75, 3.05) is 18.3 Å². The van der Waals surface area contributed by atoms with Gasteiger partial charge in [-0.1, -0.05) is 42.8 Å². The number of hydrogen-bond acceptors (Lipinski definition) is 3. The lowest BCUT2D eigenvalue weighted by Crippen LogP contribution is -2.25. The van der Waals surface area contributed by atoms with E-state index >= 15 is 0 Å². The number of rotatable bonds is 7. The summed E-state index contributed by atoms with van der Waals surface area (Å²) in [4.78, 5) is 13.6. The minimum Gasteiger partial charge on any atom is -0.342 e. The summed E-state index contributed by atoms with van der Waals surface area (Å²) < 4.78 is 27.4. The molecule has 2 aromatic carbocycles. The Morgan fingerprint density at radius 2 is 1.81 bits per heavy atom. The van der Waals surface area contributed by atoms with Gasteiger partial charge in [-0.15, -0.1) is 0 Å². The number of anilines is 1. The number of nitrogens with one attached hydrogen (secondary N) is 1. The first kappa shape index (κ1) is 20.0. The maximum absolute atomic E-state index is 12.4. The Bertz CT molecular complexity index is 893. The lowest BCUT2D eigenvalue weighted by molar-refractivity contribution is -0.124. The third-order valence-corrected chi connectivity index (χ3v) is 5.37. The Morgan fingerprint density at radius 1 is 1.15 bits per heavy atom. The number of hydrogen-bond donors (Lipinski definition) is 1. The highest BCUT2D eigenvalue weighted by Gasteiger charge is 2.15. The van der Waals surface area contributed by atoms with Crippen LogP contribution in [0.1, 0.15) is 18.9 Å². The van der Waals surface area contributed by atoms with Gasteiger partial charge in [-0.3, -0.25) is 9.52 Å². The Labute approximate surface area is 159 Å². The van der Waals surface area contributed by atoms with Gasteiger partial charge in [-0.25, -0.2) is 8.42 Å². The van der Waals surface area contributed by atoms with Crippen LogP contribution in [0.4, 0.5) is 5.69 Å². The smallest absolute Gasteiger partial charge is 0.261 e. The molecule has 5 nitrogen and oxygen atoms in total. The molecule has 1 amide bonds. The lowest BCUT2D eigenvalue weighted by atomic mass is 10.2. The molecule has 0 heterocycles. The average Bonchev–Trinajstić information content (AvgIpc) is 2.62. The third-order valence-electron chi connectivity index (χ3n) is 3.66. The average molecular weight is 393 g/mol. The highest BCUT2D eigenvalue weighted by molar-refractivity contribution is 7.92. The van der Waals surface area contributed by atoms with Crippen LogP contribution in [0, 0.1) is 0 Å². The van der Waals surface area contributed by atoms with Gasteiger partial charge in [0.2, 0.25) is 5.91 Å². The largest absolute Gasteiger partial charge is 0.342 e. The van der Waals surface area contributed by atoms with E-state index in [1.54, 1.807) is 54.4 Å². The molecule has 0 spiro atoms. The maximum Gasteiger partial charge on any atom is 0.261 e. The van der Waals surface area contributed by atoms with Crippen molar-refractivity contribution in [1.29, 1.82) is 0 Å². The number of benzene rings is 2. The number of halogens is 1. The van der Waals surface area contributed by atoms with Crippen molar-refractivity contribution in [1.82, 2.24) is 4.90 Å². The molecular weight excluding hydrogens is 372 g/mol. The quantitative estimate of drug-likeness (QED) is 0.723. The maximum atomic E-state index is 12.4. The summed E-state index contributed by atoms with van der Waals surface area (Å²) in [6, 6.07) is 12.9. The normalized spacial score (nSPS) is 11.5. The van der Waals surface area contributed by atoms with Gasteiger partial charge in [0.15, 0.2) is 0 Å². The molecule has 0 unspecified atom stereocenters. The van der Waals surface area contributed by atoms with E-state index in [2.05, 4.69) is 4.72 Å². The van der Waals surface area contributed by atoms with Crippen LogP contribution in [0.15, 0.2) is 59.5 Å². The molecule has 0 aromatic heterocycles. The monoisotopic (exact) mass is 392 g/mol. The summed E-state index contributed by atoms with van der Waals surface area (Å²) in [5.41, 5.74) is 1.06. The van der Waals surface area contributed by atoms with E-state index in [1.807, 2.05) is 6.92 Å². The zero-order valence-corrected chi connectivity index (χ0v) is 16.2. The zero-order chi connectivity index (χ0) is 19.2. The summed E-state index contributed by atoms with van der Waals surface area (Å²) in [7, 11) is -2.00. The van der Waals surface area contributed by atoms with E-state index in [0.717, 1.165) is 12.0 Å². The highest BCUT2D eigenvalue weighted by Crippen LogP contribution is 2.24. The predicted molar refractivity (Wildman–Crippen MR) is 106 cm³/mol. The first-order chi connectivity index (χ1) is 12.3. The van der Waals surface area contributed by atoms with Gasteiger partial charge in [0, 0.05) is 19.7 Å². The molecule has 0 aliphatic heterocycles. The molecule has 0 radical (unpaired) electrons. The molecule has 0 saturated heterocycles. The lowest BCUT2D eigenvalue weighted by Gasteiger charge is -2.13. The SMILES string of the molecule is CCCN(C)C(=O)/C=C/c1ccc(S(=O)(=O)Nc2ccccc2Cl)cc1. The summed E-state index contributed by atoms with van der Waals surface area (Å²) >= 11 is 5.99. The highest BCUT2D eigenvalue weighted by atomic mass is 35.5. The topological polar surface area (TPSA) is 66.5 Å². The minimum atomic E-state index is -3.74. The number of amides is 1. The molecule has 0 bridgehead atoms. The number of likely N-dealkylation sites (N-methyl/N-ethyl adjacent to an activating group) is 1. The predicted octanol–water partition coefficient (Wildman–Crippen LogP) is 4.02. The van der Waals surface area contributed by atoms with Crippen molar-refractivity contribution in [2.45, 2.75) is 18.2 Å². The van der Waals surface area contributed by atoms with Gasteiger partial charge in [0.25, 0.3) is 10.0 Å². The fraction of sp³-hybridized carbons (Fsp3) is 0.211. The van der Waals surface area contributed by atoms with Crippen molar-refractivity contribution >= 4 is 39.3 Å². The molecule has 0 fully saturated rings. The summed E-state index contributed by atoms with van der Waals surface area (Å²) in [6.45, 7) is 2.69. The van der Waals surface area contributed by atoms with Crippen LogP contribution >= 0.6 is 11.6 Å². The number of sulfonamides is 1. The van der Waals surface area contributed by atoms with Crippen LogP contribution in [0.2, 0.25) is 5.02 Å². The van der Waals surface area contributed by atoms with E-state index < -0.39 is 10.0 Å². The zero-order valence-electron chi connectivity index (χ0n) is 14.6. The van der Waals surface area contributed by atoms with Crippen LogP contribution in [0.3, 0.4) is 0 Å². The van der Waals surface area contributed by atoms with Gasteiger partial charge in [0.1, 0.15) is 0 Å². The number of nitrogens with zero attached hydrogens (tertiary/aromatic N) is 1. The van der Waals surface area contributed by atoms with Crippen LogP contribution in [-0.2, 0) is 14.8 Å². The van der Waals surface area contributed by atoms with Crippen LogP contribution < -0.4 is 4.72 Å².